The Morgan fingerprint density at radius 1 is 1.14 bits per heavy atom. The predicted octanol–water partition coefficient (Wildman–Crippen LogP) is 1.43. The van der Waals surface area contributed by atoms with Gasteiger partial charge >= 0.3 is 0 Å². The Labute approximate surface area is 124 Å². The molecular weight excluding hydrogens is 264 g/mol. The SMILES string of the molecule is O=C(NC[C@@H](c1ccco1)[NH+]1CCCC1)c1ccccc1. The van der Waals surface area contributed by atoms with Crippen LogP contribution in [0.4, 0.5) is 0 Å². The van der Waals surface area contributed by atoms with Crippen LogP contribution < -0.4 is 10.2 Å². The van der Waals surface area contributed by atoms with E-state index < -0.39 is 0 Å². The second kappa shape index (κ2) is 6.59. The zero-order valence-electron chi connectivity index (χ0n) is 12.0. The molecule has 1 aromatic heterocycles. The maximum Gasteiger partial charge on any atom is 0.251 e. The van der Waals surface area contributed by atoms with Gasteiger partial charge in [-0.1, -0.05) is 18.2 Å². The Hall–Kier alpha value is -2.07. The molecule has 3 rings (SSSR count). The average molecular weight is 285 g/mol. The first-order chi connectivity index (χ1) is 10.3. The third-order valence-electron chi connectivity index (χ3n) is 4.13. The Kier molecular flexibility index (Phi) is 4.36. The Balaban J connectivity index is 1.66. The van der Waals surface area contributed by atoms with Gasteiger partial charge < -0.3 is 14.6 Å². The van der Waals surface area contributed by atoms with Crippen molar-refractivity contribution in [3.8, 4) is 0 Å². The maximum absolute atomic E-state index is 12.2. The van der Waals surface area contributed by atoms with Crippen molar-refractivity contribution in [3.63, 3.8) is 0 Å². The number of carbonyl (C=O) groups is 1. The Morgan fingerprint density at radius 3 is 2.57 bits per heavy atom. The lowest BCUT2D eigenvalue weighted by Gasteiger charge is -2.23. The number of nitrogens with one attached hydrogen (secondary N) is 2. The van der Waals surface area contributed by atoms with Crippen LogP contribution in [0, 0.1) is 0 Å². The van der Waals surface area contributed by atoms with Crippen molar-refractivity contribution in [3.05, 3.63) is 60.1 Å². The van der Waals surface area contributed by atoms with Crippen molar-refractivity contribution in [1.82, 2.24) is 5.32 Å². The third kappa shape index (κ3) is 3.34. The lowest BCUT2D eigenvalue weighted by Crippen LogP contribution is -3.11. The number of carbonyl (C=O) groups excluding carboxylic acids is 1. The summed E-state index contributed by atoms with van der Waals surface area (Å²) in [6.45, 7) is 2.90. The average Bonchev–Trinajstić information content (AvgIpc) is 3.22. The minimum absolute atomic E-state index is 0.0225. The highest BCUT2D eigenvalue weighted by molar-refractivity contribution is 5.94. The van der Waals surface area contributed by atoms with Crippen molar-refractivity contribution < 1.29 is 14.1 Å². The van der Waals surface area contributed by atoms with Gasteiger partial charge in [-0.15, -0.1) is 0 Å². The van der Waals surface area contributed by atoms with Gasteiger partial charge in [0.1, 0.15) is 0 Å². The van der Waals surface area contributed by atoms with Gasteiger partial charge in [0, 0.05) is 18.4 Å². The van der Waals surface area contributed by atoms with E-state index >= 15 is 0 Å². The van der Waals surface area contributed by atoms with E-state index in [-0.39, 0.29) is 11.9 Å². The van der Waals surface area contributed by atoms with E-state index in [4.69, 9.17) is 4.42 Å². The number of furan rings is 1. The molecule has 110 valence electrons. The lowest BCUT2D eigenvalue weighted by atomic mass is 10.1. The second-order valence-corrected chi connectivity index (χ2v) is 5.51. The minimum atomic E-state index is -0.0225. The summed E-state index contributed by atoms with van der Waals surface area (Å²) in [6.07, 6.45) is 4.20. The molecule has 0 radical (unpaired) electrons. The zero-order valence-corrected chi connectivity index (χ0v) is 12.0. The van der Waals surface area contributed by atoms with Gasteiger partial charge in [-0.2, -0.15) is 0 Å². The summed E-state index contributed by atoms with van der Waals surface area (Å²) < 4.78 is 5.57. The van der Waals surface area contributed by atoms with Crippen LogP contribution in [0.3, 0.4) is 0 Å². The third-order valence-corrected chi connectivity index (χ3v) is 4.13. The summed E-state index contributed by atoms with van der Waals surface area (Å²) in [4.78, 5) is 13.7. The molecule has 21 heavy (non-hydrogen) atoms. The second-order valence-electron chi connectivity index (χ2n) is 5.51. The monoisotopic (exact) mass is 285 g/mol. The molecule has 1 aliphatic rings. The molecule has 0 saturated carbocycles. The maximum atomic E-state index is 12.2. The summed E-state index contributed by atoms with van der Waals surface area (Å²) in [5, 5.41) is 3.04. The quantitative estimate of drug-likeness (QED) is 0.873. The number of likely N-dealkylation sites (tertiary alicyclic amines) is 1. The van der Waals surface area contributed by atoms with Gasteiger partial charge in [-0.05, 0) is 24.3 Å². The molecule has 2 aromatic rings. The fourth-order valence-corrected chi connectivity index (χ4v) is 3.00. The zero-order chi connectivity index (χ0) is 14.5. The van der Waals surface area contributed by atoms with Gasteiger partial charge in [-0.25, -0.2) is 0 Å². The summed E-state index contributed by atoms with van der Waals surface area (Å²) in [7, 11) is 0. The summed E-state index contributed by atoms with van der Waals surface area (Å²) >= 11 is 0. The first-order valence-electron chi connectivity index (χ1n) is 7.56. The number of benzene rings is 1. The van der Waals surface area contributed by atoms with Gasteiger partial charge in [-0.3, -0.25) is 4.79 Å². The molecule has 0 bridgehead atoms. The van der Waals surface area contributed by atoms with Crippen LogP contribution in [0.5, 0.6) is 0 Å². The van der Waals surface area contributed by atoms with E-state index in [1.165, 1.54) is 17.7 Å². The highest BCUT2D eigenvalue weighted by Gasteiger charge is 2.29. The molecule has 1 fully saturated rings. The first-order valence-corrected chi connectivity index (χ1v) is 7.56. The standard InChI is InChI=1S/C17H20N2O2/c20-17(14-7-2-1-3-8-14)18-13-15(16-9-6-12-21-16)19-10-4-5-11-19/h1-3,6-9,12,15H,4-5,10-11,13H2,(H,18,20)/p+1/t15-/m0/s1. The molecule has 1 aliphatic heterocycles. The number of hydrogen-bond acceptors (Lipinski definition) is 2. The number of hydrogen-bond donors (Lipinski definition) is 2. The molecule has 4 nitrogen and oxygen atoms in total. The van der Waals surface area contributed by atoms with Crippen molar-refractivity contribution in [1.29, 1.82) is 0 Å². The van der Waals surface area contributed by atoms with E-state index in [0.717, 1.165) is 18.8 Å². The van der Waals surface area contributed by atoms with Crippen molar-refractivity contribution in [2.45, 2.75) is 18.9 Å². The van der Waals surface area contributed by atoms with Gasteiger partial charge in [0.05, 0.1) is 25.9 Å². The summed E-state index contributed by atoms with van der Waals surface area (Å²) in [5.74, 6) is 0.936. The molecule has 0 spiro atoms. The van der Waals surface area contributed by atoms with Crippen LogP contribution in [0.1, 0.15) is 35.0 Å². The molecule has 2 N–H and O–H groups in total. The van der Waals surface area contributed by atoms with Crippen LogP contribution in [0.25, 0.3) is 0 Å². The molecule has 1 saturated heterocycles. The van der Waals surface area contributed by atoms with Crippen LogP contribution in [-0.4, -0.2) is 25.5 Å². The topological polar surface area (TPSA) is 46.7 Å². The fourth-order valence-electron chi connectivity index (χ4n) is 3.00. The molecule has 1 aromatic carbocycles. The Bertz CT molecular complexity index is 560. The first kappa shape index (κ1) is 13.9. The lowest BCUT2D eigenvalue weighted by molar-refractivity contribution is -0.919. The fraction of sp³-hybridized carbons (Fsp3) is 0.353. The van der Waals surface area contributed by atoms with Crippen molar-refractivity contribution in [2.75, 3.05) is 19.6 Å². The normalized spacial score (nSPS) is 16.8. The van der Waals surface area contributed by atoms with E-state index in [2.05, 4.69) is 5.32 Å². The smallest absolute Gasteiger partial charge is 0.251 e. The highest BCUT2D eigenvalue weighted by atomic mass is 16.3. The molecular formula is C17H21N2O2+. The van der Waals surface area contributed by atoms with Gasteiger partial charge in [0.25, 0.3) is 5.91 Å². The van der Waals surface area contributed by atoms with Crippen molar-refractivity contribution in [2.24, 2.45) is 0 Å². The predicted molar refractivity (Wildman–Crippen MR) is 80.2 cm³/mol. The highest BCUT2D eigenvalue weighted by Crippen LogP contribution is 2.11. The molecule has 1 amide bonds. The largest absolute Gasteiger partial charge is 0.463 e. The Morgan fingerprint density at radius 2 is 1.90 bits per heavy atom. The van der Waals surface area contributed by atoms with Gasteiger partial charge in [0.2, 0.25) is 0 Å². The molecule has 0 unspecified atom stereocenters. The van der Waals surface area contributed by atoms with Gasteiger partial charge in [0.15, 0.2) is 11.8 Å². The summed E-state index contributed by atoms with van der Waals surface area (Å²) in [6, 6.07) is 13.5. The number of quaternary nitrogens is 1. The van der Waals surface area contributed by atoms with Crippen LogP contribution in [0.15, 0.2) is 53.1 Å². The molecule has 2 heterocycles. The van der Waals surface area contributed by atoms with E-state index in [1.54, 1.807) is 6.26 Å². The number of amides is 1. The molecule has 1 atom stereocenters. The van der Waals surface area contributed by atoms with E-state index in [9.17, 15) is 4.79 Å². The number of rotatable bonds is 5. The minimum Gasteiger partial charge on any atom is -0.463 e. The molecule has 4 heteroatoms. The molecule has 0 aliphatic carbocycles. The summed E-state index contributed by atoms with van der Waals surface area (Å²) in [5.41, 5.74) is 0.701. The van der Waals surface area contributed by atoms with Crippen LogP contribution >= 0.6 is 0 Å². The van der Waals surface area contributed by atoms with Crippen LogP contribution in [-0.2, 0) is 0 Å². The van der Waals surface area contributed by atoms with Crippen molar-refractivity contribution >= 4 is 5.91 Å². The van der Waals surface area contributed by atoms with E-state index in [0.29, 0.717) is 12.1 Å². The van der Waals surface area contributed by atoms with E-state index in [1.807, 2.05) is 42.5 Å². The van der Waals surface area contributed by atoms with Crippen LogP contribution in [0.2, 0.25) is 0 Å².